The number of hydrogen-bond donors (Lipinski definition) is 0. The van der Waals surface area contributed by atoms with Gasteiger partial charge in [0.1, 0.15) is 5.75 Å². The molecule has 0 fully saturated rings. The maximum atomic E-state index is 5.66. The van der Waals surface area contributed by atoms with Crippen LogP contribution in [0.25, 0.3) is 0 Å². The van der Waals surface area contributed by atoms with Crippen molar-refractivity contribution in [1.82, 2.24) is 0 Å². The maximum Gasteiger partial charge on any atom is 0.125 e. The molecule has 1 nitrogen and oxygen atoms in total. The van der Waals surface area contributed by atoms with E-state index in [1.54, 1.807) is 7.11 Å². The minimum atomic E-state index is 1.02. The third kappa shape index (κ3) is 2.69. The zero-order valence-corrected chi connectivity index (χ0v) is 12.7. The number of halogens is 1. The van der Waals surface area contributed by atoms with E-state index >= 15 is 0 Å². The highest BCUT2D eigenvalue weighted by Crippen LogP contribution is 2.31. The quantitative estimate of drug-likeness (QED) is 0.760. The lowest BCUT2D eigenvalue weighted by Gasteiger charge is -2.14. The number of methoxy groups -OCH3 is 1. The van der Waals surface area contributed by atoms with Gasteiger partial charge < -0.3 is 4.74 Å². The molecule has 4 rings (SSSR count). The molecular weight excluding hydrogens is 300 g/mol. The monoisotopic (exact) mass is 316 g/mol. The highest BCUT2D eigenvalue weighted by molar-refractivity contribution is 9.10. The van der Waals surface area contributed by atoms with Crippen molar-refractivity contribution in [3.63, 3.8) is 0 Å². The Hall–Kier alpha value is -1.28. The second-order valence-corrected chi connectivity index (χ2v) is 5.99. The van der Waals surface area contributed by atoms with Gasteiger partial charge >= 0.3 is 0 Å². The highest BCUT2D eigenvalue weighted by Gasteiger charge is 2.13. The molecular formula is C17H17BrO. The summed E-state index contributed by atoms with van der Waals surface area (Å²) in [4.78, 5) is 0. The average Bonchev–Trinajstić information content (AvgIpc) is 2.45. The third-order valence-electron chi connectivity index (χ3n) is 3.80. The summed E-state index contributed by atoms with van der Waals surface area (Å²) in [5.41, 5.74) is 5.40. The van der Waals surface area contributed by atoms with Crippen molar-refractivity contribution in [3.05, 3.63) is 63.1 Å². The maximum absolute atomic E-state index is 5.66. The molecule has 2 aromatic carbocycles. The van der Waals surface area contributed by atoms with E-state index in [0.717, 1.165) is 35.9 Å². The lowest BCUT2D eigenvalue weighted by molar-refractivity contribution is 0.404. The number of ether oxygens (including phenoxy) is 1. The van der Waals surface area contributed by atoms with Crippen LogP contribution in [-0.4, -0.2) is 7.11 Å². The summed E-state index contributed by atoms with van der Waals surface area (Å²) in [6.45, 7) is 0. The standard InChI is InChI=1S/C17H17BrO/c1-19-17-14-8-6-12-2-3-13(5-4-12)7-9-15(17)11-16(18)10-14/h2-5,10-11H,6-9H2,1H3. The molecule has 0 spiro atoms. The van der Waals surface area contributed by atoms with Gasteiger partial charge in [-0.15, -0.1) is 0 Å². The normalized spacial score (nSPS) is 14.0. The van der Waals surface area contributed by atoms with E-state index in [1.807, 2.05) is 0 Å². The van der Waals surface area contributed by atoms with Gasteiger partial charge in [0.25, 0.3) is 0 Å². The molecule has 2 aromatic rings. The minimum absolute atomic E-state index is 1.02. The Bertz CT molecular complexity index is 539. The topological polar surface area (TPSA) is 9.23 Å². The number of rotatable bonds is 1. The van der Waals surface area contributed by atoms with E-state index in [1.165, 1.54) is 22.3 Å². The van der Waals surface area contributed by atoms with Crippen molar-refractivity contribution < 1.29 is 4.74 Å². The summed E-state index contributed by atoms with van der Waals surface area (Å²) in [5.74, 6) is 1.07. The highest BCUT2D eigenvalue weighted by atomic mass is 79.9. The molecule has 4 bridgehead atoms. The van der Waals surface area contributed by atoms with Crippen molar-refractivity contribution in [2.75, 3.05) is 7.11 Å². The van der Waals surface area contributed by atoms with Gasteiger partial charge in [-0.1, -0.05) is 40.2 Å². The first-order chi connectivity index (χ1) is 9.26. The van der Waals surface area contributed by atoms with Crippen LogP contribution in [0.5, 0.6) is 5.75 Å². The second-order valence-electron chi connectivity index (χ2n) is 5.07. The molecule has 0 aliphatic heterocycles. The van der Waals surface area contributed by atoms with Gasteiger partial charge in [0.2, 0.25) is 0 Å². The zero-order chi connectivity index (χ0) is 13.2. The van der Waals surface area contributed by atoms with Crippen LogP contribution in [0.15, 0.2) is 40.9 Å². The second kappa shape index (κ2) is 5.38. The SMILES string of the molecule is COc1c2cc(Br)cc1CCc1ccc(cc1)CC2. The van der Waals surface area contributed by atoms with Gasteiger partial charge in [-0.25, -0.2) is 0 Å². The van der Waals surface area contributed by atoms with Crippen LogP contribution in [0.4, 0.5) is 0 Å². The van der Waals surface area contributed by atoms with E-state index in [2.05, 4.69) is 52.3 Å². The van der Waals surface area contributed by atoms with Gasteiger partial charge in [0.15, 0.2) is 0 Å². The van der Waals surface area contributed by atoms with Crippen LogP contribution in [0.1, 0.15) is 22.3 Å². The van der Waals surface area contributed by atoms with Crippen LogP contribution in [0, 0.1) is 0 Å². The first-order valence-electron chi connectivity index (χ1n) is 6.69. The molecule has 2 aliphatic rings. The predicted molar refractivity (Wildman–Crippen MR) is 82.0 cm³/mol. The smallest absolute Gasteiger partial charge is 0.125 e. The van der Waals surface area contributed by atoms with Gasteiger partial charge in [-0.2, -0.15) is 0 Å². The Morgan fingerprint density at radius 2 is 1.32 bits per heavy atom. The van der Waals surface area contributed by atoms with Crippen molar-refractivity contribution in [3.8, 4) is 5.75 Å². The molecule has 0 N–H and O–H groups in total. The zero-order valence-electron chi connectivity index (χ0n) is 11.1. The first-order valence-corrected chi connectivity index (χ1v) is 7.48. The number of benzene rings is 2. The molecule has 0 aromatic heterocycles. The molecule has 19 heavy (non-hydrogen) atoms. The number of aryl methyl sites for hydroxylation is 4. The Labute approximate surface area is 122 Å². The summed E-state index contributed by atoms with van der Waals surface area (Å²) in [7, 11) is 1.78. The summed E-state index contributed by atoms with van der Waals surface area (Å²) in [5, 5.41) is 0. The molecule has 0 heterocycles. The number of fused-ring (bicyclic) bond motifs is 4. The van der Waals surface area contributed by atoms with Crippen LogP contribution in [0.3, 0.4) is 0 Å². The Balaban J connectivity index is 2.08. The molecule has 98 valence electrons. The third-order valence-corrected chi connectivity index (χ3v) is 4.26. The Morgan fingerprint density at radius 1 is 0.842 bits per heavy atom. The molecule has 2 aliphatic carbocycles. The Morgan fingerprint density at radius 3 is 1.74 bits per heavy atom. The molecule has 0 saturated carbocycles. The van der Waals surface area contributed by atoms with E-state index in [4.69, 9.17) is 4.74 Å². The number of hydrogen-bond acceptors (Lipinski definition) is 1. The minimum Gasteiger partial charge on any atom is -0.496 e. The van der Waals surface area contributed by atoms with Crippen molar-refractivity contribution >= 4 is 15.9 Å². The molecule has 0 saturated heterocycles. The lowest BCUT2D eigenvalue weighted by atomic mass is 10.0. The molecule has 0 radical (unpaired) electrons. The van der Waals surface area contributed by atoms with Gasteiger partial charge in [-0.3, -0.25) is 0 Å². The lowest BCUT2D eigenvalue weighted by Crippen LogP contribution is -2.00. The van der Waals surface area contributed by atoms with Crippen LogP contribution in [-0.2, 0) is 25.7 Å². The van der Waals surface area contributed by atoms with Gasteiger partial charge in [0, 0.05) is 4.47 Å². The largest absolute Gasteiger partial charge is 0.496 e. The molecule has 0 unspecified atom stereocenters. The van der Waals surface area contributed by atoms with Crippen LogP contribution >= 0.6 is 15.9 Å². The Kier molecular flexibility index (Phi) is 3.61. The van der Waals surface area contributed by atoms with E-state index in [9.17, 15) is 0 Å². The fourth-order valence-corrected chi connectivity index (χ4v) is 3.33. The first kappa shape index (κ1) is 12.7. The summed E-state index contributed by atoms with van der Waals surface area (Å²) < 4.78 is 6.81. The fraction of sp³-hybridized carbons (Fsp3) is 0.294. The van der Waals surface area contributed by atoms with E-state index in [0.29, 0.717) is 0 Å². The summed E-state index contributed by atoms with van der Waals surface area (Å²) >= 11 is 3.62. The van der Waals surface area contributed by atoms with Gasteiger partial charge in [-0.05, 0) is 60.1 Å². The fourth-order valence-electron chi connectivity index (χ4n) is 2.78. The van der Waals surface area contributed by atoms with E-state index < -0.39 is 0 Å². The molecule has 0 amide bonds. The van der Waals surface area contributed by atoms with Crippen LogP contribution < -0.4 is 4.74 Å². The summed E-state index contributed by atoms with van der Waals surface area (Å²) in [6.07, 6.45) is 4.17. The molecule has 2 heteroatoms. The predicted octanol–water partition coefficient (Wildman–Crippen LogP) is 4.34. The van der Waals surface area contributed by atoms with E-state index in [-0.39, 0.29) is 0 Å². The van der Waals surface area contributed by atoms with Crippen molar-refractivity contribution in [2.24, 2.45) is 0 Å². The van der Waals surface area contributed by atoms with Crippen molar-refractivity contribution in [1.29, 1.82) is 0 Å². The van der Waals surface area contributed by atoms with Crippen LogP contribution in [0.2, 0.25) is 0 Å². The van der Waals surface area contributed by atoms with Gasteiger partial charge in [0.05, 0.1) is 7.11 Å². The molecule has 0 atom stereocenters. The van der Waals surface area contributed by atoms with Crippen molar-refractivity contribution in [2.45, 2.75) is 25.7 Å². The summed E-state index contributed by atoms with van der Waals surface area (Å²) in [6, 6.07) is 13.4. The average molecular weight is 317 g/mol.